The van der Waals surface area contributed by atoms with Crippen LogP contribution in [0.1, 0.15) is 72.1 Å². The van der Waals surface area contributed by atoms with Crippen LogP contribution in [-0.2, 0) is 4.79 Å². The van der Waals surface area contributed by atoms with Crippen molar-refractivity contribution in [2.75, 3.05) is 7.05 Å². The Morgan fingerprint density at radius 1 is 1.08 bits per heavy atom. The molecule has 3 aliphatic carbocycles. The minimum Gasteiger partial charge on any atom is -0.411 e. The molecule has 7 atom stereocenters. The number of rotatable bonds is 1. The molecule has 0 aromatic rings. The van der Waals surface area contributed by atoms with E-state index in [4.69, 9.17) is 5.21 Å². The first-order chi connectivity index (χ1) is 11.8. The molecule has 4 heteroatoms. The predicted molar refractivity (Wildman–Crippen MR) is 98.6 cm³/mol. The molecule has 0 bridgehead atoms. The van der Waals surface area contributed by atoms with Gasteiger partial charge < -0.3 is 10.1 Å². The van der Waals surface area contributed by atoms with Crippen molar-refractivity contribution in [3.8, 4) is 0 Å². The molecule has 0 aromatic carbocycles. The standard InChI is InChI=1S/C21H34N2O2/c1-19-10-8-17-15(16(19)6-5-14(19)13-22-25)7-12-21(3)20(17,2)11-9-18(24)23(21)4/h13-17,25H,5-12H2,1-4H3/t14?,15?,16?,17?,19?,20?,21-/m1/s1. The Kier molecular flexibility index (Phi) is 3.80. The molecule has 4 aliphatic rings. The number of carbonyl (C=O) groups excluding carboxylic acids is 1. The largest absolute Gasteiger partial charge is 0.411 e. The summed E-state index contributed by atoms with van der Waals surface area (Å²) in [5, 5.41) is 12.5. The van der Waals surface area contributed by atoms with E-state index < -0.39 is 0 Å². The van der Waals surface area contributed by atoms with Crippen molar-refractivity contribution in [2.24, 2.45) is 39.7 Å². The molecule has 1 N–H and O–H groups in total. The van der Waals surface area contributed by atoms with E-state index in [-0.39, 0.29) is 11.0 Å². The van der Waals surface area contributed by atoms with Crippen molar-refractivity contribution in [1.82, 2.24) is 4.90 Å². The summed E-state index contributed by atoms with van der Waals surface area (Å²) in [7, 11) is 2.04. The lowest BCUT2D eigenvalue weighted by Gasteiger charge is -2.66. The van der Waals surface area contributed by atoms with Gasteiger partial charge in [-0.15, -0.1) is 5.16 Å². The van der Waals surface area contributed by atoms with Crippen molar-refractivity contribution in [3.05, 3.63) is 0 Å². The van der Waals surface area contributed by atoms with Crippen LogP contribution in [0.15, 0.2) is 5.16 Å². The Labute approximate surface area is 152 Å². The second-order valence-electron chi connectivity index (χ2n) is 10.1. The van der Waals surface area contributed by atoms with E-state index in [0.29, 0.717) is 23.7 Å². The third-order valence-electron chi connectivity index (χ3n) is 9.74. The van der Waals surface area contributed by atoms with Gasteiger partial charge in [-0.2, -0.15) is 0 Å². The Bertz CT molecular complexity index is 605. The van der Waals surface area contributed by atoms with Crippen LogP contribution in [0.2, 0.25) is 0 Å². The molecule has 140 valence electrons. The molecule has 4 rings (SSSR count). The Hall–Kier alpha value is -1.06. The second-order valence-corrected chi connectivity index (χ2v) is 10.1. The van der Waals surface area contributed by atoms with E-state index in [1.807, 2.05) is 13.3 Å². The fourth-order valence-corrected chi connectivity index (χ4v) is 7.79. The first-order valence-corrected chi connectivity index (χ1v) is 10.2. The molecule has 0 radical (unpaired) electrons. The molecule has 0 spiro atoms. The number of hydrogen-bond acceptors (Lipinski definition) is 3. The predicted octanol–water partition coefficient (Wildman–Crippen LogP) is 4.32. The zero-order valence-electron chi connectivity index (χ0n) is 16.3. The van der Waals surface area contributed by atoms with Crippen LogP contribution < -0.4 is 0 Å². The summed E-state index contributed by atoms with van der Waals surface area (Å²) in [6.07, 6.45) is 10.9. The maximum Gasteiger partial charge on any atom is 0.222 e. The van der Waals surface area contributed by atoms with Gasteiger partial charge in [0.15, 0.2) is 0 Å². The first kappa shape index (κ1) is 17.4. The molecular formula is C21H34N2O2. The van der Waals surface area contributed by atoms with Crippen LogP contribution >= 0.6 is 0 Å². The number of fused-ring (bicyclic) bond motifs is 5. The van der Waals surface area contributed by atoms with Gasteiger partial charge in [0.1, 0.15) is 0 Å². The van der Waals surface area contributed by atoms with Gasteiger partial charge >= 0.3 is 0 Å². The molecule has 6 unspecified atom stereocenters. The third kappa shape index (κ3) is 2.06. The average molecular weight is 347 g/mol. The van der Waals surface area contributed by atoms with Crippen molar-refractivity contribution in [2.45, 2.75) is 77.7 Å². The van der Waals surface area contributed by atoms with Crippen LogP contribution in [0.4, 0.5) is 0 Å². The number of piperidine rings is 1. The van der Waals surface area contributed by atoms with Crippen LogP contribution in [0.5, 0.6) is 0 Å². The molecule has 1 aliphatic heterocycles. The minimum absolute atomic E-state index is 0.0157. The lowest BCUT2D eigenvalue weighted by Crippen LogP contribution is -2.68. The number of hydrogen-bond donors (Lipinski definition) is 1. The van der Waals surface area contributed by atoms with E-state index in [0.717, 1.165) is 30.6 Å². The van der Waals surface area contributed by atoms with Gasteiger partial charge in [-0.25, -0.2) is 0 Å². The molecule has 1 amide bonds. The fourth-order valence-electron chi connectivity index (χ4n) is 7.79. The lowest BCUT2D eigenvalue weighted by atomic mass is 9.43. The summed E-state index contributed by atoms with van der Waals surface area (Å²) < 4.78 is 0. The third-order valence-corrected chi connectivity index (χ3v) is 9.74. The van der Waals surface area contributed by atoms with Gasteiger partial charge in [-0.3, -0.25) is 4.79 Å². The molecule has 4 fully saturated rings. The van der Waals surface area contributed by atoms with E-state index in [9.17, 15) is 4.79 Å². The Morgan fingerprint density at radius 2 is 1.84 bits per heavy atom. The fraction of sp³-hybridized carbons (Fsp3) is 0.905. The topological polar surface area (TPSA) is 52.9 Å². The minimum atomic E-state index is 0.0157. The lowest BCUT2D eigenvalue weighted by molar-refractivity contribution is -0.180. The van der Waals surface area contributed by atoms with Crippen molar-refractivity contribution < 1.29 is 10.0 Å². The molecule has 1 heterocycles. The Morgan fingerprint density at radius 3 is 2.56 bits per heavy atom. The molecule has 0 aromatic heterocycles. The normalized spacial score (nSPS) is 52.8. The van der Waals surface area contributed by atoms with Crippen LogP contribution in [-0.4, -0.2) is 34.8 Å². The highest BCUT2D eigenvalue weighted by Gasteiger charge is 2.64. The van der Waals surface area contributed by atoms with E-state index in [2.05, 4.69) is 30.8 Å². The van der Waals surface area contributed by atoms with Crippen molar-refractivity contribution in [3.63, 3.8) is 0 Å². The summed E-state index contributed by atoms with van der Waals surface area (Å²) >= 11 is 0. The van der Waals surface area contributed by atoms with E-state index in [1.54, 1.807) is 0 Å². The summed E-state index contributed by atoms with van der Waals surface area (Å²) in [5.74, 6) is 3.01. The van der Waals surface area contributed by atoms with Gasteiger partial charge in [0.05, 0.1) is 0 Å². The van der Waals surface area contributed by atoms with Crippen molar-refractivity contribution >= 4 is 12.1 Å². The smallest absolute Gasteiger partial charge is 0.222 e. The Balaban J connectivity index is 1.67. The number of nitrogens with zero attached hydrogens (tertiary/aromatic N) is 2. The van der Waals surface area contributed by atoms with Crippen LogP contribution in [0, 0.1) is 34.5 Å². The van der Waals surface area contributed by atoms with Crippen LogP contribution in [0.25, 0.3) is 0 Å². The SMILES string of the molecule is CN1C(=O)CCC2(C)C3CCC4(C)C(C=NO)CCC4C3CC[C@@]12C. The number of likely N-dealkylation sites (tertiary alicyclic amines) is 1. The average Bonchev–Trinajstić information content (AvgIpc) is 2.91. The number of carbonyl (C=O) groups is 1. The van der Waals surface area contributed by atoms with Gasteiger partial charge in [-0.1, -0.05) is 13.8 Å². The summed E-state index contributed by atoms with van der Waals surface area (Å²) in [5.41, 5.74) is 0.554. The van der Waals surface area contributed by atoms with Gasteiger partial charge in [0.25, 0.3) is 0 Å². The molecular weight excluding hydrogens is 312 g/mol. The van der Waals surface area contributed by atoms with Crippen LogP contribution in [0.3, 0.4) is 0 Å². The van der Waals surface area contributed by atoms with Gasteiger partial charge in [0.2, 0.25) is 5.91 Å². The van der Waals surface area contributed by atoms with Crippen molar-refractivity contribution in [1.29, 1.82) is 0 Å². The zero-order valence-corrected chi connectivity index (χ0v) is 16.3. The molecule has 1 saturated heterocycles. The zero-order chi connectivity index (χ0) is 18.0. The van der Waals surface area contributed by atoms with Gasteiger partial charge in [-0.05, 0) is 80.5 Å². The van der Waals surface area contributed by atoms with E-state index in [1.165, 1.54) is 32.1 Å². The quantitative estimate of drug-likeness (QED) is 0.437. The highest BCUT2D eigenvalue weighted by atomic mass is 16.4. The monoisotopic (exact) mass is 346 g/mol. The number of amides is 1. The first-order valence-electron chi connectivity index (χ1n) is 10.2. The maximum absolute atomic E-state index is 12.4. The molecule has 25 heavy (non-hydrogen) atoms. The highest BCUT2D eigenvalue weighted by molar-refractivity contribution is 5.78. The van der Waals surface area contributed by atoms with Gasteiger partial charge in [0, 0.05) is 31.1 Å². The number of oxime groups is 1. The van der Waals surface area contributed by atoms with E-state index >= 15 is 0 Å². The summed E-state index contributed by atoms with van der Waals surface area (Å²) in [6, 6.07) is 0. The molecule has 3 saturated carbocycles. The molecule has 4 nitrogen and oxygen atoms in total. The summed E-state index contributed by atoms with van der Waals surface area (Å²) in [6.45, 7) is 7.28. The maximum atomic E-state index is 12.4. The summed E-state index contributed by atoms with van der Waals surface area (Å²) in [4.78, 5) is 14.5. The highest BCUT2D eigenvalue weighted by Crippen LogP contribution is 2.68. The second kappa shape index (κ2) is 5.47.